The van der Waals surface area contributed by atoms with Gasteiger partial charge in [-0.25, -0.2) is 9.37 Å². The second-order valence-electron chi connectivity index (χ2n) is 5.16. The van der Waals surface area contributed by atoms with Crippen molar-refractivity contribution in [1.82, 2.24) is 14.9 Å². The first kappa shape index (κ1) is 15.1. The Kier molecular flexibility index (Phi) is 5.20. The Morgan fingerprint density at radius 1 is 1.40 bits per heavy atom. The molecule has 0 atom stereocenters. The number of nitrogens with zero attached hydrogens (tertiary/aromatic N) is 2. The fourth-order valence-electron chi connectivity index (χ4n) is 1.84. The van der Waals surface area contributed by atoms with Crippen LogP contribution < -0.4 is 5.32 Å². The molecule has 0 amide bonds. The molecule has 108 valence electrons. The Bertz CT molecular complexity index is 566. The third-order valence-electron chi connectivity index (χ3n) is 2.91. The van der Waals surface area contributed by atoms with Crippen molar-refractivity contribution in [2.75, 3.05) is 6.54 Å². The summed E-state index contributed by atoms with van der Waals surface area (Å²) < 4.78 is 16.0. The Morgan fingerprint density at radius 3 is 2.85 bits per heavy atom. The molecule has 3 nitrogen and oxygen atoms in total. The van der Waals surface area contributed by atoms with Crippen molar-refractivity contribution in [3.63, 3.8) is 0 Å². The Labute approximate surface area is 123 Å². The van der Waals surface area contributed by atoms with Gasteiger partial charge in [0.1, 0.15) is 5.82 Å². The number of imidazole rings is 1. The summed E-state index contributed by atoms with van der Waals surface area (Å²) in [6, 6.07) is 5.19. The lowest BCUT2D eigenvalue weighted by Gasteiger charge is -2.12. The number of hydrogen-bond donors (Lipinski definition) is 1. The maximum Gasteiger partial charge on any atom is 0.172 e. The van der Waals surface area contributed by atoms with Gasteiger partial charge >= 0.3 is 0 Å². The molecule has 0 spiro atoms. The highest BCUT2D eigenvalue weighted by molar-refractivity contribution is 7.99. The maximum atomic E-state index is 14.0. The summed E-state index contributed by atoms with van der Waals surface area (Å²) in [5.41, 5.74) is 0.709. The summed E-state index contributed by atoms with van der Waals surface area (Å²) in [4.78, 5) is 5.19. The summed E-state index contributed by atoms with van der Waals surface area (Å²) in [5.74, 6) is 0.382. The molecular weight excluding hydrogens is 273 g/mol. The lowest BCUT2D eigenvalue weighted by atomic mass is 10.2. The minimum atomic E-state index is -0.166. The van der Waals surface area contributed by atoms with E-state index in [-0.39, 0.29) is 5.82 Å². The Morgan fingerprint density at radius 2 is 2.20 bits per heavy atom. The third-order valence-corrected chi connectivity index (χ3v) is 4.09. The van der Waals surface area contributed by atoms with Crippen LogP contribution in [0.2, 0.25) is 0 Å². The SMILES string of the molecule is CC(C)CNCc1c(F)cccc1Sc1nccn1C. The van der Waals surface area contributed by atoms with E-state index in [9.17, 15) is 4.39 Å². The van der Waals surface area contributed by atoms with Crippen LogP contribution in [0.3, 0.4) is 0 Å². The highest BCUT2D eigenvalue weighted by Gasteiger charge is 2.11. The van der Waals surface area contributed by atoms with E-state index in [0.29, 0.717) is 18.0 Å². The van der Waals surface area contributed by atoms with Gasteiger partial charge in [-0.3, -0.25) is 0 Å². The van der Waals surface area contributed by atoms with Gasteiger partial charge in [-0.15, -0.1) is 0 Å². The first-order valence-electron chi connectivity index (χ1n) is 6.71. The largest absolute Gasteiger partial charge is 0.329 e. The molecule has 0 saturated heterocycles. The van der Waals surface area contributed by atoms with Crippen molar-refractivity contribution < 1.29 is 4.39 Å². The summed E-state index contributed by atoms with van der Waals surface area (Å²) >= 11 is 1.49. The van der Waals surface area contributed by atoms with Crippen molar-refractivity contribution in [3.8, 4) is 0 Å². The van der Waals surface area contributed by atoms with Crippen molar-refractivity contribution >= 4 is 11.8 Å². The predicted molar refractivity (Wildman–Crippen MR) is 80.3 cm³/mol. The zero-order chi connectivity index (χ0) is 14.5. The van der Waals surface area contributed by atoms with E-state index in [4.69, 9.17) is 0 Å². The second-order valence-corrected chi connectivity index (χ2v) is 6.17. The van der Waals surface area contributed by atoms with Crippen molar-refractivity contribution in [1.29, 1.82) is 0 Å². The molecule has 0 aliphatic heterocycles. The maximum absolute atomic E-state index is 14.0. The number of aryl methyl sites for hydroxylation is 1. The zero-order valence-electron chi connectivity index (χ0n) is 12.1. The van der Waals surface area contributed by atoms with Crippen LogP contribution in [-0.4, -0.2) is 16.1 Å². The molecule has 2 rings (SSSR count). The van der Waals surface area contributed by atoms with Gasteiger partial charge in [0.15, 0.2) is 5.16 Å². The minimum absolute atomic E-state index is 0.166. The quantitative estimate of drug-likeness (QED) is 0.884. The van der Waals surface area contributed by atoms with E-state index in [1.54, 1.807) is 12.3 Å². The molecule has 20 heavy (non-hydrogen) atoms. The van der Waals surface area contributed by atoms with Crippen molar-refractivity contribution in [2.45, 2.75) is 30.4 Å². The number of halogens is 1. The van der Waals surface area contributed by atoms with Crippen LogP contribution in [0.5, 0.6) is 0 Å². The van der Waals surface area contributed by atoms with E-state index in [0.717, 1.165) is 16.6 Å². The van der Waals surface area contributed by atoms with Crippen molar-refractivity contribution in [2.24, 2.45) is 13.0 Å². The summed E-state index contributed by atoms with van der Waals surface area (Å²) in [6.07, 6.45) is 3.64. The fraction of sp³-hybridized carbons (Fsp3) is 0.400. The summed E-state index contributed by atoms with van der Waals surface area (Å²) in [6.45, 7) is 5.69. The highest BCUT2D eigenvalue weighted by Crippen LogP contribution is 2.30. The monoisotopic (exact) mass is 293 g/mol. The Balaban J connectivity index is 2.15. The molecule has 0 aliphatic carbocycles. The van der Waals surface area contributed by atoms with Crippen LogP contribution >= 0.6 is 11.8 Å². The molecule has 1 heterocycles. The van der Waals surface area contributed by atoms with Gasteiger partial charge in [0.05, 0.1) is 0 Å². The van der Waals surface area contributed by atoms with Crippen LogP contribution in [0.4, 0.5) is 4.39 Å². The van der Waals surface area contributed by atoms with Gasteiger partial charge in [-0.2, -0.15) is 0 Å². The van der Waals surface area contributed by atoms with Crippen LogP contribution in [0.1, 0.15) is 19.4 Å². The molecule has 0 unspecified atom stereocenters. The van der Waals surface area contributed by atoms with Crippen LogP contribution in [0.25, 0.3) is 0 Å². The molecule has 0 aliphatic rings. The molecule has 1 aromatic heterocycles. The molecule has 1 aromatic carbocycles. The first-order valence-corrected chi connectivity index (χ1v) is 7.53. The van der Waals surface area contributed by atoms with Crippen molar-refractivity contribution in [3.05, 3.63) is 42.0 Å². The first-order chi connectivity index (χ1) is 9.58. The molecule has 1 N–H and O–H groups in total. The van der Waals surface area contributed by atoms with E-state index >= 15 is 0 Å². The van der Waals surface area contributed by atoms with Crippen LogP contribution in [-0.2, 0) is 13.6 Å². The molecule has 0 bridgehead atoms. The second kappa shape index (κ2) is 6.90. The number of nitrogens with one attached hydrogen (secondary N) is 1. The highest BCUT2D eigenvalue weighted by atomic mass is 32.2. The molecule has 0 radical (unpaired) electrons. The fourth-order valence-corrected chi connectivity index (χ4v) is 2.80. The van der Waals surface area contributed by atoms with Gasteiger partial charge in [0.25, 0.3) is 0 Å². The van der Waals surface area contributed by atoms with Crippen LogP contribution in [0, 0.1) is 11.7 Å². The number of aromatic nitrogens is 2. The third kappa shape index (κ3) is 3.84. The molecule has 0 fully saturated rings. The van der Waals surface area contributed by atoms with Gasteiger partial charge < -0.3 is 9.88 Å². The van der Waals surface area contributed by atoms with Gasteiger partial charge in [-0.05, 0) is 24.6 Å². The molecule has 5 heteroatoms. The molecule has 0 saturated carbocycles. The van der Waals surface area contributed by atoms with Gasteiger partial charge in [0, 0.05) is 36.4 Å². The lowest BCUT2D eigenvalue weighted by molar-refractivity contribution is 0.530. The average Bonchev–Trinajstić information content (AvgIpc) is 2.78. The smallest absolute Gasteiger partial charge is 0.172 e. The molecule has 2 aromatic rings. The topological polar surface area (TPSA) is 29.9 Å². The standard InChI is InChI=1S/C15H20FN3S/c1-11(2)9-17-10-12-13(16)5-4-6-14(12)20-15-18-7-8-19(15)3/h4-8,11,17H,9-10H2,1-3H3. The predicted octanol–water partition coefficient (Wildman–Crippen LogP) is 3.46. The minimum Gasteiger partial charge on any atom is -0.329 e. The van der Waals surface area contributed by atoms with E-state index in [1.165, 1.54) is 17.8 Å². The number of hydrogen-bond acceptors (Lipinski definition) is 3. The average molecular weight is 293 g/mol. The van der Waals surface area contributed by atoms with Gasteiger partial charge in [0.2, 0.25) is 0 Å². The summed E-state index contributed by atoms with van der Waals surface area (Å²) in [5, 5.41) is 4.16. The lowest BCUT2D eigenvalue weighted by Crippen LogP contribution is -2.20. The zero-order valence-corrected chi connectivity index (χ0v) is 12.9. The van der Waals surface area contributed by atoms with Gasteiger partial charge in [-0.1, -0.05) is 31.7 Å². The van der Waals surface area contributed by atoms with E-state index in [2.05, 4.69) is 24.1 Å². The van der Waals surface area contributed by atoms with Crippen LogP contribution in [0.15, 0.2) is 40.6 Å². The molecular formula is C15H20FN3S. The Hall–Kier alpha value is -1.33. The normalized spacial score (nSPS) is 11.2. The van der Waals surface area contributed by atoms with E-state index in [1.807, 2.05) is 23.9 Å². The number of benzene rings is 1. The summed E-state index contributed by atoms with van der Waals surface area (Å²) in [7, 11) is 1.94. The number of rotatable bonds is 6. The van der Waals surface area contributed by atoms with E-state index < -0.39 is 0 Å².